The topological polar surface area (TPSA) is 38.7 Å². The highest BCUT2D eigenvalue weighted by atomic mass is 16.5. The average Bonchev–Trinajstić information content (AvgIpc) is 2.55. The Bertz CT molecular complexity index is 655. The normalized spacial score (nSPS) is 12.1. The lowest BCUT2D eigenvalue weighted by molar-refractivity contribution is -0.104. The average molecular weight is 279 g/mol. The van der Waals surface area contributed by atoms with Gasteiger partial charge in [-0.05, 0) is 22.8 Å². The minimum absolute atomic E-state index is 0.335. The molecule has 21 heavy (non-hydrogen) atoms. The third-order valence-corrected chi connectivity index (χ3v) is 3.04. The molecule has 3 heteroatoms. The predicted molar refractivity (Wildman–Crippen MR) is 86.0 cm³/mol. The molecule has 0 N–H and O–H groups in total. The number of carbonyl (C=O) groups is 1. The molecule has 0 bridgehead atoms. The van der Waals surface area contributed by atoms with Gasteiger partial charge in [0.15, 0.2) is 12.2 Å². The van der Waals surface area contributed by atoms with Crippen LogP contribution in [0.2, 0.25) is 0 Å². The minimum atomic E-state index is 0.335. The van der Waals surface area contributed by atoms with E-state index in [4.69, 9.17) is 4.74 Å². The zero-order chi connectivity index (χ0) is 15.1. The smallest absolute Gasteiger partial charge is 0.184 e. The largest absolute Gasteiger partial charge is 0.484 e. The van der Waals surface area contributed by atoms with Gasteiger partial charge < -0.3 is 4.74 Å². The number of ether oxygens (including phenoxy) is 1. The van der Waals surface area contributed by atoms with Crippen molar-refractivity contribution in [3.8, 4) is 11.1 Å². The van der Waals surface area contributed by atoms with Gasteiger partial charge in [-0.25, -0.2) is 4.99 Å². The highest BCUT2D eigenvalue weighted by Gasteiger charge is 1.98. The van der Waals surface area contributed by atoms with Gasteiger partial charge in [0.2, 0.25) is 0 Å². The summed E-state index contributed by atoms with van der Waals surface area (Å²) in [6.07, 6.45) is 2.44. The number of nitrogens with zero attached hydrogens (tertiary/aromatic N) is 1. The highest BCUT2D eigenvalue weighted by Crippen LogP contribution is 2.20. The molecule has 0 aliphatic rings. The molecular formula is C18H17NO2. The van der Waals surface area contributed by atoms with Crippen LogP contribution in [0.4, 0.5) is 0 Å². The number of carbonyl (C=O) groups excluding carboxylic acids is 1. The third-order valence-electron chi connectivity index (χ3n) is 3.04. The lowest BCUT2D eigenvalue weighted by Gasteiger charge is -2.02. The van der Waals surface area contributed by atoms with Crippen LogP contribution < -0.4 is 0 Å². The molecule has 0 aromatic heterocycles. The molecule has 0 spiro atoms. The van der Waals surface area contributed by atoms with E-state index in [2.05, 4.69) is 17.1 Å². The van der Waals surface area contributed by atoms with Crippen LogP contribution in [0, 0.1) is 0 Å². The van der Waals surface area contributed by atoms with Crippen LogP contribution in [0.1, 0.15) is 12.5 Å². The van der Waals surface area contributed by atoms with Gasteiger partial charge in [0.1, 0.15) is 5.70 Å². The molecule has 0 unspecified atom stereocenters. The minimum Gasteiger partial charge on any atom is -0.484 e. The number of aliphatic imine (C=N–C) groups is 1. The number of allylic oxidation sites excluding steroid dienone is 1. The summed E-state index contributed by atoms with van der Waals surface area (Å²) in [5, 5.41) is 0. The SMILES string of the molecule is COC(C)=N/C(C=O)=C\c1ccc(-c2ccccc2)cc1. The van der Waals surface area contributed by atoms with Crippen LogP contribution in [0.3, 0.4) is 0 Å². The van der Waals surface area contributed by atoms with Crippen molar-refractivity contribution >= 4 is 18.3 Å². The van der Waals surface area contributed by atoms with Gasteiger partial charge >= 0.3 is 0 Å². The molecule has 0 aliphatic carbocycles. The van der Waals surface area contributed by atoms with Gasteiger partial charge in [0.05, 0.1) is 7.11 Å². The first-order chi connectivity index (χ1) is 10.2. The van der Waals surface area contributed by atoms with E-state index < -0.39 is 0 Å². The number of aldehydes is 1. The summed E-state index contributed by atoms with van der Waals surface area (Å²) in [6.45, 7) is 1.70. The van der Waals surface area contributed by atoms with Gasteiger partial charge in [0, 0.05) is 6.92 Å². The standard InChI is InChI=1S/C18H17NO2/c1-14(21-2)19-18(13-20)12-15-8-10-17(11-9-15)16-6-4-3-5-7-16/h3-13H,1-2H3/b18-12-,19-14?. The maximum Gasteiger partial charge on any atom is 0.184 e. The van der Waals surface area contributed by atoms with Crippen molar-refractivity contribution in [2.75, 3.05) is 7.11 Å². The fourth-order valence-electron chi connectivity index (χ4n) is 1.89. The molecule has 3 nitrogen and oxygen atoms in total. The lowest BCUT2D eigenvalue weighted by Crippen LogP contribution is -1.95. The second-order valence-electron chi connectivity index (χ2n) is 4.51. The molecule has 0 atom stereocenters. The first-order valence-electron chi connectivity index (χ1n) is 6.64. The molecule has 2 rings (SSSR count). The molecule has 2 aromatic rings. The number of rotatable bonds is 4. The summed E-state index contributed by atoms with van der Waals surface area (Å²) in [6, 6.07) is 18.1. The van der Waals surface area contributed by atoms with E-state index in [-0.39, 0.29) is 0 Å². The van der Waals surface area contributed by atoms with Gasteiger partial charge in [-0.2, -0.15) is 0 Å². The van der Waals surface area contributed by atoms with Crippen LogP contribution in [0.15, 0.2) is 65.3 Å². The third kappa shape index (κ3) is 4.14. The van der Waals surface area contributed by atoms with Crippen molar-refractivity contribution in [3.05, 3.63) is 65.9 Å². The quantitative estimate of drug-likeness (QED) is 0.368. The molecular weight excluding hydrogens is 262 g/mol. The predicted octanol–water partition coefficient (Wildman–Crippen LogP) is 3.96. The van der Waals surface area contributed by atoms with Gasteiger partial charge in [-0.1, -0.05) is 54.6 Å². The lowest BCUT2D eigenvalue weighted by atomic mass is 10.0. The van der Waals surface area contributed by atoms with Crippen LogP contribution in [-0.4, -0.2) is 19.3 Å². The van der Waals surface area contributed by atoms with Crippen molar-refractivity contribution in [2.24, 2.45) is 4.99 Å². The van der Waals surface area contributed by atoms with Crippen LogP contribution in [0.25, 0.3) is 17.2 Å². The first-order valence-corrected chi connectivity index (χ1v) is 6.64. The summed E-state index contributed by atoms with van der Waals surface area (Å²) < 4.78 is 4.95. The highest BCUT2D eigenvalue weighted by molar-refractivity contribution is 5.87. The molecule has 106 valence electrons. The zero-order valence-corrected chi connectivity index (χ0v) is 12.1. The first kappa shape index (κ1) is 14.7. The Morgan fingerprint density at radius 1 is 1.00 bits per heavy atom. The molecule has 2 aromatic carbocycles. The molecule has 0 fully saturated rings. The summed E-state index contributed by atoms with van der Waals surface area (Å²) in [5.41, 5.74) is 3.56. The van der Waals surface area contributed by atoms with Gasteiger partial charge in [-0.15, -0.1) is 0 Å². The zero-order valence-electron chi connectivity index (χ0n) is 12.1. The summed E-state index contributed by atoms with van der Waals surface area (Å²) in [4.78, 5) is 15.1. The van der Waals surface area contributed by atoms with E-state index in [0.29, 0.717) is 17.9 Å². The number of hydrogen-bond donors (Lipinski definition) is 0. The second kappa shape index (κ2) is 7.20. The Morgan fingerprint density at radius 2 is 1.62 bits per heavy atom. The van der Waals surface area contributed by atoms with Crippen LogP contribution in [-0.2, 0) is 9.53 Å². The van der Waals surface area contributed by atoms with Crippen molar-refractivity contribution in [1.82, 2.24) is 0 Å². The van der Waals surface area contributed by atoms with E-state index in [1.807, 2.05) is 42.5 Å². The molecule has 0 saturated carbocycles. The Kier molecular flexibility index (Phi) is 5.04. The second-order valence-corrected chi connectivity index (χ2v) is 4.51. The Morgan fingerprint density at radius 3 is 2.19 bits per heavy atom. The molecule has 0 heterocycles. The molecule has 0 aliphatic heterocycles. The molecule has 0 saturated heterocycles. The van der Waals surface area contributed by atoms with Crippen LogP contribution in [0.5, 0.6) is 0 Å². The molecule has 0 radical (unpaired) electrons. The van der Waals surface area contributed by atoms with Crippen molar-refractivity contribution in [1.29, 1.82) is 0 Å². The summed E-state index contributed by atoms with van der Waals surface area (Å²) in [7, 11) is 1.52. The number of methoxy groups -OCH3 is 1. The number of benzene rings is 2. The maximum atomic E-state index is 11.0. The fraction of sp³-hybridized carbons (Fsp3) is 0.111. The van der Waals surface area contributed by atoms with E-state index in [0.717, 1.165) is 16.7 Å². The Labute approximate surface area is 124 Å². The monoisotopic (exact) mass is 279 g/mol. The summed E-state index contributed by atoms with van der Waals surface area (Å²) >= 11 is 0. The van der Waals surface area contributed by atoms with E-state index in [1.165, 1.54) is 7.11 Å². The van der Waals surface area contributed by atoms with Crippen molar-refractivity contribution in [3.63, 3.8) is 0 Å². The fourth-order valence-corrected chi connectivity index (χ4v) is 1.89. The van der Waals surface area contributed by atoms with Gasteiger partial charge in [-0.3, -0.25) is 4.79 Å². The van der Waals surface area contributed by atoms with E-state index >= 15 is 0 Å². The Hall–Kier alpha value is -2.68. The van der Waals surface area contributed by atoms with E-state index in [1.54, 1.807) is 13.0 Å². The van der Waals surface area contributed by atoms with Gasteiger partial charge in [0.25, 0.3) is 0 Å². The number of hydrogen-bond acceptors (Lipinski definition) is 3. The van der Waals surface area contributed by atoms with Crippen molar-refractivity contribution in [2.45, 2.75) is 6.92 Å². The Balaban J connectivity index is 2.25. The van der Waals surface area contributed by atoms with E-state index in [9.17, 15) is 4.79 Å². The van der Waals surface area contributed by atoms with Crippen LogP contribution >= 0.6 is 0 Å². The maximum absolute atomic E-state index is 11.0. The summed E-state index contributed by atoms with van der Waals surface area (Å²) in [5.74, 6) is 0.453. The van der Waals surface area contributed by atoms with Crippen molar-refractivity contribution < 1.29 is 9.53 Å². The molecule has 0 amide bonds.